The van der Waals surface area contributed by atoms with E-state index in [9.17, 15) is 9.59 Å². The van der Waals surface area contributed by atoms with Crippen molar-refractivity contribution in [1.82, 2.24) is 4.90 Å². The van der Waals surface area contributed by atoms with Crippen molar-refractivity contribution in [3.8, 4) is 5.75 Å². The Morgan fingerprint density at radius 1 is 1.42 bits per heavy atom. The van der Waals surface area contributed by atoms with Gasteiger partial charge in [-0.1, -0.05) is 6.07 Å². The number of benzene rings is 1. The van der Waals surface area contributed by atoms with Crippen LogP contribution in [0.2, 0.25) is 0 Å². The van der Waals surface area contributed by atoms with Crippen LogP contribution in [0.3, 0.4) is 0 Å². The maximum atomic E-state index is 12.2. The number of aryl methyl sites for hydroxylation is 1. The minimum absolute atomic E-state index is 0.0357. The van der Waals surface area contributed by atoms with Gasteiger partial charge in [-0.2, -0.15) is 0 Å². The third-order valence-corrected chi connectivity index (χ3v) is 4.13. The topological polar surface area (TPSA) is 67.9 Å². The van der Waals surface area contributed by atoms with Crippen molar-refractivity contribution in [2.24, 2.45) is 0 Å². The van der Waals surface area contributed by atoms with E-state index < -0.39 is 0 Å². The number of carbonyl (C=O) groups excluding carboxylic acids is 2. The summed E-state index contributed by atoms with van der Waals surface area (Å²) in [4.78, 5) is 25.7. The van der Waals surface area contributed by atoms with E-state index in [1.165, 1.54) is 6.92 Å². The van der Waals surface area contributed by atoms with Crippen LogP contribution in [-0.2, 0) is 14.3 Å². The van der Waals surface area contributed by atoms with E-state index in [0.29, 0.717) is 24.5 Å². The lowest BCUT2D eigenvalue weighted by Crippen LogP contribution is -2.37. The Morgan fingerprint density at radius 2 is 2.21 bits per heavy atom. The first-order valence-corrected chi connectivity index (χ1v) is 8.31. The van der Waals surface area contributed by atoms with Crippen molar-refractivity contribution in [3.63, 3.8) is 0 Å². The maximum Gasteiger partial charge on any atom is 0.226 e. The van der Waals surface area contributed by atoms with Crippen molar-refractivity contribution in [3.05, 3.63) is 23.8 Å². The molecule has 1 heterocycles. The van der Waals surface area contributed by atoms with Gasteiger partial charge in [-0.3, -0.25) is 9.59 Å². The molecule has 24 heavy (non-hydrogen) atoms. The first-order chi connectivity index (χ1) is 11.5. The summed E-state index contributed by atoms with van der Waals surface area (Å²) in [5, 5.41) is 2.86. The van der Waals surface area contributed by atoms with Gasteiger partial charge >= 0.3 is 0 Å². The molecule has 0 saturated carbocycles. The Balaban J connectivity index is 1.88. The van der Waals surface area contributed by atoms with Crippen LogP contribution in [0, 0.1) is 6.92 Å². The number of anilines is 1. The third-order valence-electron chi connectivity index (χ3n) is 4.13. The number of methoxy groups -OCH3 is 1. The Bertz CT molecular complexity index is 582. The lowest BCUT2D eigenvalue weighted by atomic mass is 10.2. The zero-order chi connectivity index (χ0) is 17.5. The molecule has 1 unspecified atom stereocenters. The van der Waals surface area contributed by atoms with E-state index in [4.69, 9.17) is 9.47 Å². The Kier molecular flexibility index (Phi) is 6.61. The largest absolute Gasteiger partial charge is 0.495 e. The zero-order valence-electron chi connectivity index (χ0n) is 14.6. The highest BCUT2D eigenvalue weighted by Gasteiger charge is 2.21. The summed E-state index contributed by atoms with van der Waals surface area (Å²) in [7, 11) is 1.57. The Hall–Kier alpha value is -2.08. The average molecular weight is 334 g/mol. The molecule has 2 rings (SSSR count). The monoisotopic (exact) mass is 334 g/mol. The third kappa shape index (κ3) is 5.23. The molecule has 0 radical (unpaired) electrons. The van der Waals surface area contributed by atoms with Crippen LogP contribution >= 0.6 is 0 Å². The molecule has 0 bridgehead atoms. The van der Waals surface area contributed by atoms with Crippen LogP contribution in [-0.4, -0.2) is 49.6 Å². The minimum Gasteiger partial charge on any atom is -0.495 e. The summed E-state index contributed by atoms with van der Waals surface area (Å²) in [6, 6.07) is 5.61. The van der Waals surface area contributed by atoms with Crippen molar-refractivity contribution in [2.45, 2.75) is 39.2 Å². The maximum absolute atomic E-state index is 12.2. The number of nitrogens with one attached hydrogen (secondary N) is 1. The minimum atomic E-state index is -0.141. The quantitative estimate of drug-likeness (QED) is 0.831. The van der Waals surface area contributed by atoms with Crippen molar-refractivity contribution < 1.29 is 19.1 Å². The highest BCUT2D eigenvalue weighted by Crippen LogP contribution is 2.25. The number of amides is 2. The highest BCUT2D eigenvalue weighted by atomic mass is 16.5. The molecule has 0 aliphatic carbocycles. The van der Waals surface area contributed by atoms with Gasteiger partial charge in [-0.05, 0) is 37.5 Å². The number of nitrogens with zero attached hydrogens (tertiary/aromatic N) is 1. The van der Waals surface area contributed by atoms with Crippen LogP contribution < -0.4 is 10.1 Å². The van der Waals surface area contributed by atoms with Gasteiger partial charge in [0.2, 0.25) is 11.8 Å². The summed E-state index contributed by atoms with van der Waals surface area (Å²) in [6.45, 7) is 5.17. The highest BCUT2D eigenvalue weighted by molar-refractivity contribution is 5.92. The zero-order valence-corrected chi connectivity index (χ0v) is 14.6. The molecule has 2 amide bonds. The van der Waals surface area contributed by atoms with Crippen LogP contribution in [0.5, 0.6) is 5.75 Å². The molecular weight excluding hydrogens is 308 g/mol. The molecule has 1 N–H and O–H groups in total. The molecule has 6 nitrogen and oxygen atoms in total. The summed E-state index contributed by atoms with van der Waals surface area (Å²) < 4.78 is 10.8. The molecule has 1 atom stereocenters. The summed E-state index contributed by atoms with van der Waals surface area (Å²) in [5.74, 6) is 0.445. The second kappa shape index (κ2) is 8.68. The Morgan fingerprint density at radius 3 is 2.83 bits per heavy atom. The van der Waals surface area contributed by atoms with Gasteiger partial charge in [-0.25, -0.2) is 0 Å². The second-order valence-electron chi connectivity index (χ2n) is 6.10. The fourth-order valence-electron chi connectivity index (χ4n) is 2.78. The Labute approximate surface area is 143 Å². The number of hydrogen-bond acceptors (Lipinski definition) is 4. The molecule has 1 aliphatic rings. The average Bonchev–Trinajstić information content (AvgIpc) is 3.04. The molecule has 0 aromatic heterocycles. The summed E-state index contributed by atoms with van der Waals surface area (Å²) >= 11 is 0. The molecule has 1 saturated heterocycles. The van der Waals surface area contributed by atoms with Crippen molar-refractivity contribution in [1.29, 1.82) is 0 Å². The molecule has 0 spiro atoms. The van der Waals surface area contributed by atoms with Gasteiger partial charge in [0.25, 0.3) is 0 Å². The van der Waals surface area contributed by atoms with Crippen molar-refractivity contribution >= 4 is 17.5 Å². The van der Waals surface area contributed by atoms with Gasteiger partial charge < -0.3 is 19.7 Å². The van der Waals surface area contributed by atoms with Crippen LogP contribution in [0.15, 0.2) is 18.2 Å². The van der Waals surface area contributed by atoms with Gasteiger partial charge in [-0.15, -0.1) is 0 Å². The van der Waals surface area contributed by atoms with Crippen LogP contribution in [0.1, 0.15) is 31.7 Å². The molecule has 1 aromatic carbocycles. The predicted octanol–water partition coefficient (Wildman–Crippen LogP) is 2.36. The first kappa shape index (κ1) is 18.3. The number of ether oxygens (including phenoxy) is 2. The van der Waals surface area contributed by atoms with Gasteiger partial charge in [0.1, 0.15) is 5.75 Å². The number of carbonyl (C=O) groups is 2. The lowest BCUT2D eigenvalue weighted by Gasteiger charge is -2.24. The fraction of sp³-hybridized carbons (Fsp3) is 0.556. The van der Waals surface area contributed by atoms with Gasteiger partial charge in [0.15, 0.2) is 0 Å². The summed E-state index contributed by atoms with van der Waals surface area (Å²) in [5.41, 5.74) is 1.69. The standard InChI is InChI=1S/C18H26N2O4/c1-13-6-7-17(23-3)16(11-13)19-18(22)8-9-20(14(2)21)12-15-5-4-10-24-15/h6-7,11,15H,4-5,8-10,12H2,1-3H3,(H,19,22). The van der Waals surface area contributed by atoms with E-state index in [2.05, 4.69) is 5.32 Å². The van der Waals surface area contributed by atoms with E-state index in [0.717, 1.165) is 25.0 Å². The molecule has 1 fully saturated rings. The molecule has 132 valence electrons. The summed E-state index contributed by atoms with van der Waals surface area (Å²) in [6.07, 6.45) is 2.33. The van der Waals surface area contributed by atoms with Crippen LogP contribution in [0.25, 0.3) is 0 Å². The molecular formula is C18H26N2O4. The van der Waals surface area contributed by atoms with Crippen molar-refractivity contribution in [2.75, 3.05) is 32.1 Å². The smallest absolute Gasteiger partial charge is 0.226 e. The van der Waals surface area contributed by atoms with E-state index in [1.54, 1.807) is 12.0 Å². The number of hydrogen-bond donors (Lipinski definition) is 1. The molecule has 6 heteroatoms. The van der Waals surface area contributed by atoms with Crippen LogP contribution in [0.4, 0.5) is 5.69 Å². The number of rotatable bonds is 7. The predicted molar refractivity (Wildman–Crippen MR) is 92.2 cm³/mol. The lowest BCUT2D eigenvalue weighted by molar-refractivity contribution is -0.130. The second-order valence-corrected chi connectivity index (χ2v) is 6.10. The molecule has 1 aromatic rings. The van der Waals surface area contributed by atoms with Gasteiger partial charge in [0, 0.05) is 33.0 Å². The van der Waals surface area contributed by atoms with E-state index >= 15 is 0 Å². The van der Waals surface area contributed by atoms with Gasteiger partial charge in [0.05, 0.1) is 18.9 Å². The SMILES string of the molecule is COc1ccc(C)cc1NC(=O)CCN(CC1CCCO1)C(C)=O. The van der Waals surface area contributed by atoms with E-state index in [-0.39, 0.29) is 24.3 Å². The first-order valence-electron chi connectivity index (χ1n) is 8.31. The fourth-order valence-corrected chi connectivity index (χ4v) is 2.78. The normalized spacial score (nSPS) is 16.7. The molecule has 1 aliphatic heterocycles. The van der Waals surface area contributed by atoms with E-state index in [1.807, 2.05) is 25.1 Å².